The van der Waals surface area contributed by atoms with Gasteiger partial charge in [-0.25, -0.2) is 14.2 Å². The molecule has 210 valence electrons. The maximum atomic E-state index is 14.3. The Hall–Kier alpha value is -4.98. The zero-order chi connectivity index (χ0) is 29.5. The Morgan fingerprint density at radius 2 is 1.73 bits per heavy atom. The predicted octanol–water partition coefficient (Wildman–Crippen LogP) is 7.30. The summed E-state index contributed by atoms with van der Waals surface area (Å²) in [4.78, 5) is 33.2. The number of carbonyl (C=O) groups excluding carboxylic acids is 1. The molecule has 41 heavy (non-hydrogen) atoms. The number of nitrogens with zero attached hydrogens (tertiary/aromatic N) is 1. The van der Waals surface area contributed by atoms with Crippen LogP contribution in [0.4, 0.5) is 4.39 Å². The molecule has 0 aliphatic rings. The first kappa shape index (κ1) is 29.0. The molecule has 0 unspecified atom stereocenters. The van der Waals surface area contributed by atoms with Crippen LogP contribution >= 0.6 is 0 Å². The Bertz CT molecular complexity index is 1630. The summed E-state index contributed by atoms with van der Waals surface area (Å²) in [5.41, 5.74) is 2.79. The summed E-state index contributed by atoms with van der Waals surface area (Å²) in [7, 11) is 0. The highest BCUT2D eigenvalue weighted by molar-refractivity contribution is 6.03. The van der Waals surface area contributed by atoms with Crippen LogP contribution in [-0.2, 0) is 0 Å². The van der Waals surface area contributed by atoms with Crippen molar-refractivity contribution in [2.75, 3.05) is 0 Å². The van der Waals surface area contributed by atoms with E-state index >= 15 is 0 Å². The van der Waals surface area contributed by atoms with Gasteiger partial charge < -0.3 is 20.5 Å². The second-order valence-electron chi connectivity index (χ2n) is 9.77. The zero-order valence-electron chi connectivity index (χ0n) is 23.1. The third-order valence-electron chi connectivity index (χ3n) is 6.71. The van der Waals surface area contributed by atoms with Crippen molar-refractivity contribution in [2.24, 2.45) is 0 Å². The third kappa shape index (κ3) is 6.78. The Morgan fingerprint density at radius 3 is 2.44 bits per heavy atom. The summed E-state index contributed by atoms with van der Waals surface area (Å²) < 4.78 is 14.3. The molecular formula is C33H32FN3O4. The average Bonchev–Trinajstić information content (AvgIpc) is 3.01. The number of aryl methyl sites for hydroxylation is 2. The number of carbonyl (C=O) groups is 2. The number of carboxylic acid groups (broad SMARTS) is 1. The molecule has 0 saturated carbocycles. The molecule has 4 rings (SSSR count). The smallest absolute Gasteiger partial charge is 0.336 e. The Balaban J connectivity index is 1.81. The number of nitrogens with one attached hydrogen (secondary N) is 2. The number of aromatic carboxylic acids is 1. The van der Waals surface area contributed by atoms with E-state index in [1.807, 2.05) is 37.3 Å². The van der Waals surface area contributed by atoms with Crippen LogP contribution in [-0.4, -0.2) is 32.1 Å². The maximum Gasteiger partial charge on any atom is 0.336 e. The zero-order valence-corrected chi connectivity index (χ0v) is 23.1. The minimum atomic E-state index is -1.26. The van der Waals surface area contributed by atoms with Crippen LogP contribution in [0.3, 0.4) is 0 Å². The van der Waals surface area contributed by atoms with Crippen LogP contribution in [0.1, 0.15) is 63.3 Å². The fraction of sp³-hybridized carbons (Fsp3) is 0.182. The van der Waals surface area contributed by atoms with Crippen LogP contribution in [0.2, 0.25) is 0 Å². The summed E-state index contributed by atoms with van der Waals surface area (Å²) >= 11 is 0. The van der Waals surface area contributed by atoms with E-state index in [1.54, 1.807) is 32.0 Å². The molecule has 1 heterocycles. The lowest BCUT2D eigenvalue weighted by Gasteiger charge is -2.19. The van der Waals surface area contributed by atoms with Gasteiger partial charge in [0.15, 0.2) is 0 Å². The molecule has 7 nitrogen and oxygen atoms in total. The minimum absolute atomic E-state index is 0.165. The van der Waals surface area contributed by atoms with Gasteiger partial charge in [-0.1, -0.05) is 61.9 Å². The molecule has 1 aromatic heterocycles. The van der Waals surface area contributed by atoms with Crippen LogP contribution in [0.5, 0.6) is 5.75 Å². The molecule has 4 N–H and O–H groups in total. The van der Waals surface area contributed by atoms with E-state index in [1.165, 1.54) is 36.5 Å². The second kappa shape index (κ2) is 12.9. The molecule has 0 aliphatic carbocycles. The van der Waals surface area contributed by atoms with Gasteiger partial charge in [0.2, 0.25) is 0 Å². The average molecular weight is 554 g/mol. The van der Waals surface area contributed by atoms with E-state index in [4.69, 9.17) is 0 Å². The lowest BCUT2D eigenvalue weighted by Crippen LogP contribution is -2.28. The van der Waals surface area contributed by atoms with Crippen LogP contribution < -0.4 is 5.32 Å². The maximum absolute atomic E-state index is 14.3. The summed E-state index contributed by atoms with van der Waals surface area (Å²) in [5.74, 6) is -2.00. The van der Waals surface area contributed by atoms with E-state index in [0.29, 0.717) is 16.8 Å². The van der Waals surface area contributed by atoms with E-state index in [0.717, 1.165) is 18.4 Å². The molecule has 0 radical (unpaired) electrons. The highest BCUT2D eigenvalue weighted by atomic mass is 19.1. The lowest BCUT2D eigenvalue weighted by molar-refractivity contribution is 0.0697. The molecule has 8 heteroatoms. The molecule has 0 fully saturated rings. The first-order chi connectivity index (χ1) is 19.7. The number of hydrogen-bond acceptors (Lipinski definition) is 4. The van der Waals surface area contributed by atoms with Gasteiger partial charge in [-0.15, -0.1) is 0 Å². The number of phenolic OH excluding ortho intramolecular Hbond substituents is 1. The van der Waals surface area contributed by atoms with E-state index in [-0.39, 0.29) is 39.9 Å². The fourth-order valence-electron chi connectivity index (χ4n) is 4.73. The monoisotopic (exact) mass is 553 g/mol. The Kier molecular flexibility index (Phi) is 9.14. The summed E-state index contributed by atoms with van der Waals surface area (Å²) in [6.07, 6.45) is 2.86. The van der Waals surface area contributed by atoms with E-state index in [9.17, 15) is 24.2 Å². The minimum Gasteiger partial charge on any atom is -0.507 e. The number of aromatic nitrogens is 2. The number of benzene rings is 3. The Morgan fingerprint density at radius 1 is 0.976 bits per heavy atom. The number of phenols is 1. The van der Waals surface area contributed by atoms with Crippen LogP contribution in [0, 0.1) is 19.7 Å². The lowest BCUT2D eigenvalue weighted by atomic mass is 9.92. The number of aromatic hydroxyl groups is 1. The topological polar surface area (TPSA) is 115 Å². The molecule has 0 saturated heterocycles. The van der Waals surface area contributed by atoms with Gasteiger partial charge in [0.1, 0.15) is 17.4 Å². The molecule has 0 aliphatic heterocycles. The summed E-state index contributed by atoms with van der Waals surface area (Å²) in [5, 5.41) is 24.1. The Labute approximate surface area is 238 Å². The molecule has 1 amide bonds. The molecule has 0 bridgehead atoms. The van der Waals surface area contributed by atoms with E-state index in [2.05, 4.69) is 15.3 Å². The van der Waals surface area contributed by atoms with Gasteiger partial charge in [-0.2, -0.15) is 0 Å². The standard InChI is InChI=1S/C33H32FN3O4/c1-4-9-28(22-10-6-5-7-11-22)37-32(39)23-14-15-24(26(19-23)33(40)41)30-25(12-8-13-29(30)38)31-35-17-16-27(34)20(2)18-21(3)36-31/h5-8,10-19,28,38H,4,9H2,1-3H3,(H,35,36)(H,37,39)(H,40,41)/t28-/m1/s1. The largest absolute Gasteiger partial charge is 0.507 e. The van der Waals surface area contributed by atoms with Crippen molar-refractivity contribution in [2.45, 2.75) is 39.7 Å². The van der Waals surface area contributed by atoms with E-state index < -0.39 is 17.7 Å². The summed E-state index contributed by atoms with van der Waals surface area (Å²) in [6.45, 7) is 5.41. The molecular weight excluding hydrogens is 521 g/mol. The number of amides is 1. The van der Waals surface area contributed by atoms with Crippen molar-refractivity contribution in [3.05, 3.63) is 119 Å². The molecule has 4 aromatic rings. The van der Waals surface area contributed by atoms with Crippen molar-refractivity contribution in [3.63, 3.8) is 0 Å². The fourth-order valence-corrected chi connectivity index (χ4v) is 4.73. The SMILES string of the molecule is CCC[C@@H](NC(=O)c1ccc(-c2c(O)cccc2-c2nccc(F)c(C)cc(C)[nH]2)c(C(=O)O)c1)c1ccccc1. The van der Waals surface area contributed by atoms with Crippen molar-refractivity contribution < 1.29 is 24.2 Å². The quantitative estimate of drug-likeness (QED) is 0.183. The number of rotatable bonds is 8. The van der Waals surface area contributed by atoms with Crippen LogP contribution in [0.25, 0.3) is 22.5 Å². The van der Waals surface area contributed by atoms with Crippen molar-refractivity contribution >= 4 is 11.9 Å². The highest BCUT2D eigenvalue weighted by Gasteiger charge is 2.22. The first-order valence-electron chi connectivity index (χ1n) is 13.3. The van der Waals surface area contributed by atoms with Gasteiger partial charge in [-0.05, 0) is 61.7 Å². The van der Waals surface area contributed by atoms with Crippen molar-refractivity contribution in [3.8, 4) is 28.3 Å². The first-order valence-corrected chi connectivity index (χ1v) is 13.3. The van der Waals surface area contributed by atoms with Crippen molar-refractivity contribution in [1.82, 2.24) is 15.3 Å². The normalized spacial score (nSPS) is 11.4. The molecule has 3 aromatic carbocycles. The number of carboxylic acids is 1. The van der Waals surface area contributed by atoms with Gasteiger partial charge in [0.25, 0.3) is 5.91 Å². The van der Waals surface area contributed by atoms with Gasteiger partial charge in [0.05, 0.1) is 11.6 Å². The van der Waals surface area contributed by atoms with Gasteiger partial charge >= 0.3 is 5.97 Å². The molecule has 1 atom stereocenters. The van der Waals surface area contributed by atoms with Crippen LogP contribution in [0.15, 0.2) is 85.1 Å². The highest BCUT2D eigenvalue weighted by Crippen LogP contribution is 2.39. The number of hydrogen-bond donors (Lipinski definition) is 4. The second-order valence-corrected chi connectivity index (χ2v) is 9.77. The third-order valence-corrected chi connectivity index (χ3v) is 6.71. The number of halogens is 1. The predicted molar refractivity (Wildman–Crippen MR) is 157 cm³/mol. The summed E-state index contributed by atoms with van der Waals surface area (Å²) in [6, 6.07) is 21.3. The van der Waals surface area contributed by atoms with Gasteiger partial charge in [0, 0.05) is 34.1 Å². The number of aromatic amines is 1. The molecule has 0 spiro atoms. The number of H-pyrrole nitrogens is 1. The van der Waals surface area contributed by atoms with Gasteiger partial charge in [-0.3, -0.25) is 4.79 Å². The van der Waals surface area contributed by atoms with Crippen molar-refractivity contribution in [1.29, 1.82) is 0 Å².